The van der Waals surface area contributed by atoms with Gasteiger partial charge < -0.3 is 10.6 Å². The highest BCUT2D eigenvalue weighted by molar-refractivity contribution is 4.88. The van der Waals surface area contributed by atoms with E-state index in [1.807, 2.05) is 0 Å². The van der Waals surface area contributed by atoms with Gasteiger partial charge in [0.2, 0.25) is 0 Å². The van der Waals surface area contributed by atoms with Crippen molar-refractivity contribution in [1.29, 1.82) is 0 Å². The molecule has 1 aliphatic carbocycles. The van der Waals surface area contributed by atoms with E-state index in [9.17, 15) is 0 Å². The molecule has 0 spiro atoms. The maximum absolute atomic E-state index is 6.02. The van der Waals surface area contributed by atoms with Crippen molar-refractivity contribution in [1.82, 2.24) is 4.90 Å². The highest BCUT2D eigenvalue weighted by atomic mass is 15.2. The van der Waals surface area contributed by atoms with Gasteiger partial charge in [0, 0.05) is 6.04 Å². The van der Waals surface area contributed by atoms with E-state index < -0.39 is 0 Å². The Balaban J connectivity index is 1.95. The third-order valence-corrected chi connectivity index (χ3v) is 4.60. The van der Waals surface area contributed by atoms with Crippen LogP contribution in [0.3, 0.4) is 0 Å². The Morgan fingerprint density at radius 3 is 2.40 bits per heavy atom. The molecule has 0 aromatic heterocycles. The van der Waals surface area contributed by atoms with Gasteiger partial charge in [-0.1, -0.05) is 32.1 Å². The maximum atomic E-state index is 6.02. The van der Waals surface area contributed by atoms with E-state index in [0.29, 0.717) is 0 Å². The van der Waals surface area contributed by atoms with Gasteiger partial charge in [0.25, 0.3) is 0 Å². The van der Waals surface area contributed by atoms with Crippen LogP contribution in [-0.4, -0.2) is 31.1 Å². The number of hydrogen-bond acceptors (Lipinski definition) is 2. The molecule has 2 heteroatoms. The van der Waals surface area contributed by atoms with Crippen LogP contribution in [0.15, 0.2) is 0 Å². The molecule has 0 amide bonds. The Morgan fingerprint density at radius 1 is 1.13 bits per heavy atom. The summed E-state index contributed by atoms with van der Waals surface area (Å²) in [5.74, 6) is 1.70. The second-order valence-corrected chi connectivity index (χ2v) is 5.49. The third-order valence-electron chi connectivity index (χ3n) is 4.60. The Morgan fingerprint density at radius 2 is 1.87 bits per heavy atom. The van der Waals surface area contributed by atoms with Crippen molar-refractivity contribution in [3.63, 3.8) is 0 Å². The lowest BCUT2D eigenvalue weighted by Crippen LogP contribution is -2.41. The predicted molar refractivity (Wildman–Crippen MR) is 64.8 cm³/mol. The first-order valence-corrected chi connectivity index (χ1v) is 6.73. The molecule has 2 rings (SSSR count). The SMILES string of the molecule is CN1CCCC1C(CN)C1CCCCC1. The fourth-order valence-electron chi connectivity index (χ4n) is 3.70. The van der Waals surface area contributed by atoms with Crippen LogP contribution in [0.4, 0.5) is 0 Å². The lowest BCUT2D eigenvalue weighted by Gasteiger charge is -2.36. The zero-order valence-electron chi connectivity index (χ0n) is 10.1. The summed E-state index contributed by atoms with van der Waals surface area (Å²) in [4.78, 5) is 2.55. The first-order valence-electron chi connectivity index (χ1n) is 6.73. The Bertz CT molecular complexity index is 187. The molecule has 0 bridgehead atoms. The van der Waals surface area contributed by atoms with E-state index in [0.717, 1.165) is 24.4 Å². The number of nitrogens with zero attached hydrogens (tertiary/aromatic N) is 1. The summed E-state index contributed by atoms with van der Waals surface area (Å²) >= 11 is 0. The third kappa shape index (κ3) is 2.54. The zero-order valence-corrected chi connectivity index (χ0v) is 10.1. The smallest absolute Gasteiger partial charge is 0.0136 e. The highest BCUT2D eigenvalue weighted by Crippen LogP contribution is 2.35. The van der Waals surface area contributed by atoms with Crippen molar-refractivity contribution < 1.29 is 0 Å². The van der Waals surface area contributed by atoms with Crippen LogP contribution < -0.4 is 5.73 Å². The molecule has 2 aliphatic rings. The van der Waals surface area contributed by atoms with E-state index in [2.05, 4.69) is 11.9 Å². The number of nitrogens with two attached hydrogens (primary N) is 1. The Labute approximate surface area is 94.2 Å². The molecule has 1 heterocycles. The predicted octanol–water partition coefficient (Wildman–Crippen LogP) is 2.24. The first kappa shape index (κ1) is 11.4. The molecule has 1 saturated carbocycles. The van der Waals surface area contributed by atoms with Crippen molar-refractivity contribution in [2.75, 3.05) is 20.1 Å². The fourth-order valence-corrected chi connectivity index (χ4v) is 3.70. The highest BCUT2D eigenvalue weighted by Gasteiger charge is 2.33. The minimum absolute atomic E-state index is 0.776. The van der Waals surface area contributed by atoms with E-state index in [4.69, 9.17) is 5.73 Å². The molecule has 88 valence electrons. The minimum Gasteiger partial charge on any atom is -0.330 e. The van der Waals surface area contributed by atoms with Crippen LogP contribution in [0.5, 0.6) is 0 Å². The van der Waals surface area contributed by atoms with Crippen molar-refractivity contribution in [2.24, 2.45) is 17.6 Å². The van der Waals surface area contributed by atoms with Crippen molar-refractivity contribution in [3.05, 3.63) is 0 Å². The summed E-state index contributed by atoms with van der Waals surface area (Å²) in [6.07, 6.45) is 9.97. The molecule has 2 fully saturated rings. The van der Waals surface area contributed by atoms with Crippen LogP contribution in [0.1, 0.15) is 44.9 Å². The van der Waals surface area contributed by atoms with Gasteiger partial charge in [-0.3, -0.25) is 0 Å². The molecule has 2 unspecified atom stereocenters. The van der Waals surface area contributed by atoms with Crippen LogP contribution in [-0.2, 0) is 0 Å². The quantitative estimate of drug-likeness (QED) is 0.774. The maximum Gasteiger partial charge on any atom is 0.0136 e. The Kier molecular flexibility index (Phi) is 4.04. The molecular formula is C13H26N2. The second-order valence-electron chi connectivity index (χ2n) is 5.49. The van der Waals surface area contributed by atoms with Gasteiger partial charge in [-0.15, -0.1) is 0 Å². The summed E-state index contributed by atoms with van der Waals surface area (Å²) in [5, 5.41) is 0. The van der Waals surface area contributed by atoms with Crippen molar-refractivity contribution >= 4 is 0 Å². The molecule has 2 nitrogen and oxygen atoms in total. The summed E-state index contributed by atoms with van der Waals surface area (Å²) in [6.45, 7) is 2.19. The van der Waals surface area contributed by atoms with Crippen molar-refractivity contribution in [2.45, 2.75) is 51.0 Å². The molecule has 0 radical (unpaired) electrons. The fraction of sp³-hybridized carbons (Fsp3) is 1.00. The van der Waals surface area contributed by atoms with E-state index in [1.165, 1.54) is 51.5 Å². The molecule has 2 N–H and O–H groups in total. The van der Waals surface area contributed by atoms with Gasteiger partial charge in [-0.05, 0) is 44.8 Å². The van der Waals surface area contributed by atoms with Gasteiger partial charge >= 0.3 is 0 Å². The molecule has 0 aromatic rings. The standard InChI is InChI=1S/C13H26N2/c1-15-9-5-8-13(15)12(10-14)11-6-3-2-4-7-11/h11-13H,2-10,14H2,1H3. The average Bonchev–Trinajstić information content (AvgIpc) is 2.68. The van der Waals surface area contributed by atoms with Crippen molar-refractivity contribution in [3.8, 4) is 0 Å². The van der Waals surface area contributed by atoms with E-state index in [1.54, 1.807) is 0 Å². The first-order chi connectivity index (χ1) is 7.33. The molecule has 1 saturated heterocycles. The van der Waals surface area contributed by atoms with Gasteiger partial charge in [-0.25, -0.2) is 0 Å². The van der Waals surface area contributed by atoms with Gasteiger partial charge in [0.15, 0.2) is 0 Å². The normalized spacial score (nSPS) is 32.0. The Hall–Kier alpha value is -0.0800. The molecule has 1 aliphatic heterocycles. The number of rotatable bonds is 3. The van der Waals surface area contributed by atoms with Gasteiger partial charge in [0.1, 0.15) is 0 Å². The topological polar surface area (TPSA) is 29.3 Å². The van der Waals surface area contributed by atoms with E-state index in [-0.39, 0.29) is 0 Å². The largest absolute Gasteiger partial charge is 0.330 e. The molecule has 2 atom stereocenters. The van der Waals surface area contributed by atoms with Gasteiger partial charge in [0.05, 0.1) is 0 Å². The monoisotopic (exact) mass is 210 g/mol. The molecular weight excluding hydrogens is 184 g/mol. The number of hydrogen-bond donors (Lipinski definition) is 1. The summed E-state index contributed by atoms with van der Waals surface area (Å²) in [6, 6.07) is 0.790. The molecule has 15 heavy (non-hydrogen) atoms. The summed E-state index contributed by atoms with van der Waals surface area (Å²) < 4.78 is 0. The minimum atomic E-state index is 0.776. The average molecular weight is 210 g/mol. The lowest BCUT2D eigenvalue weighted by atomic mass is 9.76. The van der Waals surface area contributed by atoms with Crippen LogP contribution >= 0.6 is 0 Å². The van der Waals surface area contributed by atoms with Crippen LogP contribution in [0, 0.1) is 11.8 Å². The van der Waals surface area contributed by atoms with Crippen LogP contribution in [0.25, 0.3) is 0 Å². The second kappa shape index (κ2) is 5.31. The van der Waals surface area contributed by atoms with Gasteiger partial charge in [-0.2, -0.15) is 0 Å². The summed E-state index contributed by atoms with van der Waals surface area (Å²) in [7, 11) is 2.28. The zero-order chi connectivity index (χ0) is 10.7. The lowest BCUT2D eigenvalue weighted by molar-refractivity contribution is 0.145. The van der Waals surface area contributed by atoms with E-state index >= 15 is 0 Å². The molecule has 0 aromatic carbocycles. The van der Waals surface area contributed by atoms with Crippen LogP contribution in [0.2, 0.25) is 0 Å². The number of likely N-dealkylation sites (tertiary alicyclic amines) is 1. The summed E-state index contributed by atoms with van der Waals surface area (Å²) in [5.41, 5.74) is 6.02.